The van der Waals surface area contributed by atoms with Crippen LogP contribution in [0, 0.1) is 17.0 Å². The van der Waals surface area contributed by atoms with Crippen LogP contribution in [0.3, 0.4) is 0 Å². The molecule has 0 saturated heterocycles. The third kappa shape index (κ3) is 3.64. The molecule has 4 nitrogen and oxygen atoms in total. The van der Waals surface area contributed by atoms with Crippen molar-refractivity contribution < 1.29 is 9.35 Å². The van der Waals surface area contributed by atoms with E-state index in [4.69, 9.17) is 4.43 Å². The SMILES string of the molecule is Cc1c(CO[Si](C)(C)C(C)(C)C)cccc1[N+](=O)[O-]. The first-order valence-electron chi connectivity index (χ1n) is 6.43. The van der Waals surface area contributed by atoms with Crippen molar-refractivity contribution in [1.82, 2.24) is 0 Å². The van der Waals surface area contributed by atoms with E-state index in [1.54, 1.807) is 13.0 Å². The molecule has 0 heterocycles. The highest BCUT2D eigenvalue weighted by atomic mass is 28.4. The van der Waals surface area contributed by atoms with Gasteiger partial charge in [0.15, 0.2) is 8.32 Å². The summed E-state index contributed by atoms with van der Waals surface area (Å²) >= 11 is 0. The Balaban J connectivity index is 2.91. The molecule has 1 aromatic rings. The Labute approximate surface area is 116 Å². The Hall–Kier alpha value is -1.20. The van der Waals surface area contributed by atoms with Crippen LogP contribution in [0.2, 0.25) is 18.1 Å². The van der Waals surface area contributed by atoms with Crippen LogP contribution in [0.4, 0.5) is 5.69 Å². The molecule has 0 aliphatic carbocycles. The van der Waals surface area contributed by atoms with Crippen molar-refractivity contribution in [1.29, 1.82) is 0 Å². The fourth-order valence-corrected chi connectivity index (χ4v) is 2.45. The third-order valence-electron chi connectivity index (χ3n) is 4.01. The summed E-state index contributed by atoms with van der Waals surface area (Å²) in [5.74, 6) is 0. The minimum Gasteiger partial charge on any atom is -0.413 e. The smallest absolute Gasteiger partial charge is 0.272 e. The van der Waals surface area contributed by atoms with E-state index in [0.717, 1.165) is 5.56 Å². The molecule has 5 heteroatoms. The predicted molar refractivity (Wildman–Crippen MR) is 79.8 cm³/mol. The Kier molecular flexibility index (Phi) is 4.53. The Bertz CT molecular complexity index is 478. The maximum atomic E-state index is 10.9. The molecule has 0 atom stereocenters. The van der Waals surface area contributed by atoms with Gasteiger partial charge in [-0.3, -0.25) is 10.1 Å². The van der Waals surface area contributed by atoms with Crippen LogP contribution in [0.1, 0.15) is 31.9 Å². The highest BCUT2D eigenvalue weighted by Crippen LogP contribution is 2.37. The Morgan fingerprint density at radius 3 is 2.37 bits per heavy atom. The van der Waals surface area contributed by atoms with Gasteiger partial charge in [0.25, 0.3) is 5.69 Å². The van der Waals surface area contributed by atoms with Crippen LogP contribution < -0.4 is 0 Å². The van der Waals surface area contributed by atoms with Crippen molar-refractivity contribution in [2.45, 2.75) is 52.4 Å². The molecule has 0 aromatic heterocycles. The summed E-state index contributed by atoms with van der Waals surface area (Å²) in [7, 11) is -1.83. The largest absolute Gasteiger partial charge is 0.413 e. The molecule has 0 unspecified atom stereocenters. The summed E-state index contributed by atoms with van der Waals surface area (Å²) in [6.07, 6.45) is 0. The Morgan fingerprint density at radius 2 is 1.89 bits per heavy atom. The molecule has 0 radical (unpaired) electrons. The summed E-state index contributed by atoms with van der Waals surface area (Å²) in [4.78, 5) is 10.6. The predicted octanol–water partition coefficient (Wildman–Crippen LogP) is 4.43. The van der Waals surface area contributed by atoms with Gasteiger partial charge in [-0.15, -0.1) is 0 Å². The van der Waals surface area contributed by atoms with Gasteiger partial charge in [0, 0.05) is 11.6 Å². The second-order valence-electron chi connectivity index (χ2n) is 6.37. The first-order valence-corrected chi connectivity index (χ1v) is 9.34. The minimum absolute atomic E-state index is 0.140. The minimum atomic E-state index is -1.83. The number of rotatable bonds is 4. The van der Waals surface area contributed by atoms with Crippen molar-refractivity contribution >= 4 is 14.0 Å². The van der Waals surface area contributed by atoms with Crippen molar-refractivity contribution in [2.75, 3.05) is 0 Å². The van der Waals surface area contributed by atoms with Gasteiger partial charge in [-0.2, -0.15) is 0 Å². The van der Waals surface area contributed by atoms with Gasteiger partial charge < -0.3 is 4.43 Å². The van der Waals surface area contributed by atoms with Crippen molar-refractivity contribution in [3.8, 4) is 0 Å². The fourth-order valence-electron chi connectivity index (χ4n) is 1.50. The molecule has 0 saturated carbocycles. The second-order valence-corrected chi connectivity index (χ2v) is 11.2. The topological polar surface area (TPSA) is 52.4 Å². The summed E-state index contributed by atoms with van der Waals surface area (Å²) in [5, 5.41) is 11.0. The third-order valence-corrected chi connectivity index (χ3v) is 8.49. The lowest BCUT2D eigenvalue weighted by molar-refractivity contribution is -0.385. The molecule has 0 aliphatic heterocycles. The van der Waals surface area contributed by atoms with E-state index in [1.165, 1.54) is 6.07 Å². The molecule has 1 rings (SSSR count). The van der Waals surface area contributed by atoms with Gasteiger partial charge in [-0.25, -0.2) is 0 Å². The molecule has 0 aliphatic rings. The zero-order valence-electron chi connectivity index (χ0n) is 12.6. The molecule has 0 bridgehead atoms. The molecular weight excluding hydrogens is 258 g/mol. The number of hydrogen-bond acceptors (Lipinski definition) is 3. The van der Waals surface area contributed by atoms with E-state index in [1.807, 2.05) is 6.07 Å². The van der Waals surface area contributed by atoms with Gasteiger partial charge in [0.2, 0.25) is 0 Å². The van der Waals surface area contributed by atoms with E-state index in [9.17, 15) is 10.1 Å². The molecule has 106 valence electrons. The maximum Gasteiger partial charge on any atom is 0.272 e. The van der Waals surface area contributed by atoms with Crippen molar-refractivity contribution in [3.05, 3.63) is 39.4 Å². The van der Waals surface area contributed by atoms with Crippen LogP contribution in [-0.4, -0.2) is 13.2 Å². The summed E-state index contributed by atoms with van der Waals surface area (Å²) in [5.41, 5.74) is 1.77. The first-order chi connectivity index (χ1) is 8.56. The zero-order valence-corrected chi connectivity index (χ0v) is 13.6. The molecule has 0 N–H and O–H groups in total. The molecular formula is C14H23NO3Si. The summed E-state index contributed by atoms with van der Waals surface area (Å²) in [6, 6.07) is 5.15. The van der Waals surface area contributed by atoms with Gasteiger partial charge in [0.1, 0.15) is 0 Å². The van der Waals surface area contributed by atoms with Gasteiger partial charge in [-0.1, -0.05) is 32.9 Å². The highest BCUT2D eigenvalue weighted by Gasteiger charge is 2.37. The molecule has 1 aromatic carbocycles. The van der Waals surface area contributed by atoms with Gasteiger partial charge in [0.05, 0.1) is 11.5 Å². The standard InChI is InChI=1S/C14H23NO3Si/c1-11-12(8-7-9-13(11)15(16)17)10-18-19(5,6)14(2,3)4/h7-9H,10H2,1-6H3. The molecule has 0 fully saturated rings. The van der Waals surface area contributed by atoms with Crippen LogP contribution in [0.5, 0.6) is 0 Å². The average Bonchev–Trinajstić information content (AvgIpc) is 2.25. The number of hydrogen-bond donors (Lipinski definition) is 0. The molecule has 19 heavy (non-hydrogen) atoms. The van der Waals surface area contributed by atoms with Gasteiger partial charge >= 0.3 is 0 Å². The van der Waals surface area contributed by atoms with E-state index >= 15 is 0 Å². The van der Waals surface area contributed by atoms with Crippen molar-refractivity contribution in [3.63, 3.8) is 0 Å². The van der Waals surface area contributed by atoms with E-state index in [-0.39, 0.29) is 15.6 Å². The highest BCUT2D eigenvalue weighted by molar-refractivity contribution is 6.74. The summed E-state index contributed by atoms with van der Waals surface area (Å²) in [6.45, 7) is 13.1. The lowest BCUT2D eigenvalue weighted by Gasteiger charge is -2.36. The molecule has 0 amide bonds. The Morgan fingerprint density at radius 1 is 1.32 bits per heavy atom. The summed E-state index contributed by atoms with van der Waals surface area (Å²) < 4.78 is 6.11. The number of nitro benzene ring substituents is 1. The maximum absolute atomic E-state index is 10.9. The van der Waals surface area contributed by atoms with E-state index in [0.29, 0.717) is 12.2 Å². The van der Waals surface area contributed by atoms with Crippen LogP contribution in [0.15, 0.2) is 18.2 Å². The van der Waals surface area contributed by atoms with Crippen LogP contribution in [0.25, 0.3) is 0 Å². The lowest BCUT2D eigenvalue weighted by atomic mass is 10.1. The number of nitrogens with zero attached hydrogens (tertiary/aromatic N) is 1. The average molecular weight is 281 g/mol. The number of benzene rings is 1. The van der Waals surface area contributed by atoms with Gasteiger partial charge in [-0.05, 0) is 30.6 Å². The quantitative estimate of drug-likeness (QED) is 0.466. The normalized spacial score (nSPS) is 12.5. The molecule has 0 spiro atoms. The lowest BCUT2D eigenvalue weighted by Crippen LogP contribution is -2.40. The van der Waals surface area contributed by atoms with Crippen molar-refractivity contribution in [2.24, 2.45) is 0 Å². The van der Waals surface area contributed by atoms with E-state index in [2.05, 4.69) is 33.9 Å². The van der Waals surface area contributed by atoms with Crippen LogP contribution >= 0.6 is 0 Å². The fraction of sp³-hybridized carbons (Fsp3) is 0.571. The second kappa shape index (κ2) is 5.42. The van der Waals surface area contributed by atoms with Crippen LogP contribution in [-0.2, 0) is 11.0 Å². The zero-order chi connectivity index (χ0) is 14.8. The number of nitro groups is 1. The van der Waals surface area contributed by atoms with E-state index < -0.39 is 8.32 Å². The monoisotopic (exact) mass is 281 g/mol. The first kappa shape index (κ1) is 15.9.